The second kappa shape index (κ2) is 6.83. The van der Waals surface area contributed by atoms with Gasteiger partial charge in [0.25, 0.3) is 0 Å². The summed E-state index contributed by atoms with van der Waals surface area (Å²) in [5, 5.41) is 0. The summed E-state index contributed by atoms with van der Waals surface area (Å²) in [5.74, 6) is 1.30. The zero-order valence-corrected chi connectivity index (χ0v) is 15.5. The van der Waals surface area contributed by atoms with Crippen molar-refractivity contribution >= 4 is 27.0 Å². The molecule has 2 nitrogen and oxygen atoms in total. The molecule has 0 unspecified atom stereocenters. The predicted octanol–water partition coefficient (Wildman–Crippen LogP) is 6.06. The summed E-state index contributed by atoms with van der Waals surface area (Å²) >= 11 is 3.45. The van der Waals surface area contributed by atoms with E-state index in [9.17, 15) is 13.2 Å². The summed E-state index contributed by atoms with van der Waals surface area (Å²) in [6.45, 7) is 5.08. The molecule has 0 N–H and O–H groups in total. The van der Waals surface area contributed by atoms with Crippen LogP contribution in [0.25, 0.3) is 11.0 Å². The summed E-state index contributed by atoms with van der Waals surface area (Å²) in [5.41, 5.74) is 2.11. The van der Waals surface area contributed by atoms with Crippen molar-refractivity contribution in [3.05, 3.63) is 63.9 Å². The van der Waals surface area contributed by atoms with Crippen LogP contribution in [0.1, 0.15) is 30.8 Å². The van der Waals surface area contributed by atoms with Gasteiger partial charge in [-0.1, -0.05) is 41.9 Å². The Labute approximate surface area is 152 Å². The summed E-state index contributed by atoms with van der Waals surface area (Å²) in [6, 6.07) is 11.3. The van der Waals surface area contributed by atoms with Crippen molar-refractivity contribution in [3.63, 3.8) is 0 Å². The van der Waals surface area contributed by atoms with Gasteiger partial charge in [0.2, 0.25) is 0 Å². The number of benzene rings is 2. The van der Waals surface area contributed by atoms with Crippen LogP contribution in [0.15, 0.2) is 46.9 Å². The number of halogens is 4. The van der Waals surface area contributed by atoms with E-state index in [1.54, 1.807) is 0 Å². The molecule has 3 aromatic rings. The third kappa shape index (κ3) is 4.06. The summed E-state index contributed by atoms with van der Waals surface area (Å²) < 4.78 is 41.2. The van der Waals surface area contributed by atoms with Crippen molar-refractivity contribution in [2.24, 2.45) is 5.92 Å². The molecule has 0 atom stereocenters. The van der Waals surface area contributed by atoms with E-state index in [2.05, 4.69) is 34.3 Å². The molecule has 6 heteroatoms. The Balaban J connectivity index is 1.97. The molecule has 2 aromatic carbocycles. The molecule has 25 heavy (non-hydrogen) atoms. The molecule has 1 heterocycles. The highest BCUT2D eigenvalue weighted by Crippen LogP contribution is 2.30. The molecule has 132 valence electrons. The Morgan fingerprint density at radius 3 is 2.36 bits per heavy atom. The van der Waals surface area contributed by atoms with Crippen LogP contribution < -0.4 is 0 Å². The third-order valence-corrected chi connectivity index (χ3v) is 4.47. The molecule has 0 spiro atoms. The van der Waals surface area contributed by atoms with Crippen LogP contribution in [-0.4, -0.2) is 9.55 Å². The minimum Gasteiger partial charge on any atom is -0.327 e. The van der Waals surface area contributed by atoms with Gasteiger partial charge in [-0.2, -0.15) is 13.2 Å². The van der Waals surface area contributed by atoms with Gasteiger partial charge in [0, 0.05) is 17.4 Å². The Kier molecular flexibility index (Phi) is 4.91. The van der Waals surface area contributed by atoms with Crippen LogP contribution in [-0.2, 0) is 19.1 Å². The first-order valence-corrected chi connectivity index (χ1v) is 8.84. The van der Waals surface area contributed by atoms with E-state index < -0.39 is 11.7 Å². The number of rotatable bonds is 4. The smallest absolute Gasteiger partial charge is 0.327 e. The minimum absolute atomic E-state index is 0.437. The number of nitrogens with zero attached hydrogens (tertiary/aromatic N) is 2. The zero-order valence-electron chi connectivity index (χ0n) is 13.9. The topological polar surface area (TPSA) is 17.8 Å². The number of hydrogen-bond acceptors (Lipinski definition) is 1. The Hall–Kier alpha value is -1.82. The van der Waals surface area contributed by atoms with Crippen molar-refractivity contribution in [2.45, 2.75) is 33.0 Å². The quantitative estimate of drug-likeness (QED) is 0.510. The van der Waals surface area contributed by atoms with Crippen molar-refractivity contribution in [1.29, 1.82) is 0 Å². The second-order valence-corrected chi connectivity index (χ2v) is 7.45. The van der Waals surface area contributed by atoms with E-state index in [-0.39, 0.29) is 0 Å². The molecular formula is C19H18BrF3N2. The maximum atomic E-state index is 12.7. The van der Waals surface area contributed by atoms with Gasteiger partial charge in [0.1, 0.15) is 5.82 Å². The number of fused-ring (bicyclic) bond motifs is 1. The first-order chi connectivity index (χ1) is 11.7. The maximum Gasteiger partial charge on any atom is 0.416 e. The van der Waals surface area contributed by atoms with Gasteiger partial charge in [-0.3, -0.25) is 0 Å². The molecule has 0 saturated heterocycles. The van der Waals surface area contributed by atoms with Crippen LogP contribution in [0.3, 0.4) is 0 Å². The highest BCUT2D eigenvalue weighted by Gasteiger charge is 2.30. The number of imidazole rings is 1. The monoisotopic (exact) mass is 410 g/mol. The average molecular weight is 411 g/mol. The van der Waals surface area contributed by atoms with Crippen molar-refractivity contribution in [1.82, 2.24) is 9.55 Å². The van der Waals surface area contributed by atoms with Gasteiger partial charge >= 0.3 is 6.18 Å². The van der Waals surface area contributed by atoms with Crippen LogP contribution in [0.2, 0.25) is 0 Å². The highest BCUT2D eigenvalue weighted by molar-refractivity contribution is 9.10. The normalized spacial score (nSPS) is 12.3. The molecular weight excluding hydrogens is 393 g/mol. The summed E-state index contributed by atoms with van der Waals surface area (Å²) in [7, 11) is 0. The third-order valence-electron chi connectivity index (χ3n) is 3.98. The van der Waals surface area contributed by atoms with Crippen LogP contribution in [0.4, 0.5) is 13.2 Å². The highest BCUT2D eigenvalue weighted by atomic mass is 79.9. The van der Waals surface area contributed by atoms with Gasteiger partial charge in [0.15, 0.2) is 0 Å². The van der Waals surface area contributed by atoms with Gasteiger partial charge < -0.3 is 4.57 Å². The van der Waals surface area contributed by atoms with Crippen molar-refractivity contribution < 1.29 is 13.2 Å². The second-order valence-electron chi connectivity index (χ2n) is 6.54. The molecule has 0 saturated carbocycles. The van der Waals surface area contributed by atoms with E-state index in [0.29, 0.717) is 12.3 Å². The molecule has 0 radical (unpaired) electrons. The standard InChI is InChI=1S/C19H18BrF3N2/c1-12(2)11-25-17-8-7-15(20)10-16(17)24-18(25)9-13-3-5-14(6-4-13)19(21,22)23/h3-8,10,12H,9,11H2,1-2H3. The molecule has 3 rings (SSSR count). The number of hydrogen-bond donors (Lipinski definition) is 0. The Bertz CT molecular complexity index is 880. The first kappa shape index (κ1) is 18.0. The number of aromatic nitrogens is 2. The van der Waals surface area contributed by atoms with Gasteiger partial charge in [0.05, 0.1) is 16.6 Å². The fraction of sp³-hybridized carbons (Fsp3) is 0.316. The fourth-order valence-electron chi connectivity index (χ4n) is 2.85. The lowest BCUT2D eigenvalue weighted by molar-refractivity contribution is -0.137. The zero-order chi connectivity index (χ0) is 18.2. The van der Waals surface area contributed by atoms with E-state index in [1.165, 1.54) is 12.1 Å². The van der Waals surface area contributed by atoms with Crippen LogP contribution >= 0.6 is 15.9 Å². The lowest BCUT2D eigenvalue weighted by atomic mass is 10.1. The van der Waals surface area contributed by atoms with Gasteiger partial charge in [-0.15, -0.1) is 0 Å². The Morgan fingerprint density at radius 1 is 1.08 bits per heavy atom. The van der Waals surface area contributed by atoms with E-state index in [1.807, 2.05) is 18.2 Å². The molecule has 1 aromatic heterocycles. The predicted molar refractivity (Wildman–Crippen MR) is 96.5 cm³/mol. The van der Waals surface area contributed by atoms with Gasteiger partial charge in [-0.05, 0) is 41.8 Å². The first-order valence-electron chi connectivity index (χ1n) is 8.05. The summed E-state index contributed by atoms with van der Waals surface area (Å²) in [4.78, 5) is 4.70. The maximum absolute atomic E-state index is 12.7. The van der Waals surface area contributed by atoms with Crippen LogP contribution in [0, 0.1) is 5.92 Å². The SMILES string of the molecule is CC(C)Cn1c(Cc2ccc(C(F)(F)F)cc2)nc2cc(Br)ccc21. The van der Waals surface area contributed by atoms with E-state index >= 15 is 0 Å². The largest absolute Gasteiger partial charge is 0.416 e. The molecule has 0 bridgehead atoms. The van der Waals surface area contributed by atoms with E-state index in [4.69, 9.17) is 4.98 Å². The van der Waals surface area contributed by atoms with Gasteiger partial charge in [-0.25, -0.2) is 4.98 Å². The van der Waals surface area contributed by atoms with Crippen molar-refractivity contribution in [2.75, 3.05) is 0 Å². The lowest BCUT2D eigenvalue weighted by Gasteiger charge is -2.12. The number of alkyl halides is 3. The van der Waals surface area contributed by atoms with Crippen molar-refractivity contribution in [3.8, 4) is 0 Å². The molecule has 0 aliphatic carbocycles. The minimum atomic E-state index is -4.31. The lowest BCUT2D eigenvalue weighted by Crippen LogP contribution is -2.09. The summed E-state index contributed by atoms with van der Waals surface area (Å²) in [6.07, 6.45) is -3.81. The molecule has 0 fully saturated rings. The molecule has 0 aliphatic rings. The van der Waals surface area contributed by atoms with E-state index in [0.717, 1.165) is 45.6 Å². The molecule has 0 aliphatic heterocycles. The average Bonchev–Trinajstić information content (AvgIpc) is 2.83. The van der Waals surface area contributed by atoms with Crippen LogP contribution in [0.5, 0.6) is 0 Å². The molecule has 0 amide bonds. The Morgan fingerprint density at radius 2 is 1.76 bits per heavy atom. The fourth-order valence-corrected chi connectivity index (χ4v) is 3.20.